The zero-order valence-corrected chi connectivity index (χ0v) is 14.3. The number of aromatic nitrogens is 2. The number of amides is 1. The molecule has 5 nitrogen and oxygen atoms in total. The molecule has 0 atom stereocenters. The fourth-order valence-corrected chi connectivity index (χ4v) is 2.90. The monoisotopic (exact) mass is 379 g/mol. The number of fused-ring (bicyclic) bond motifs is 1. The van der Waals surface area contributed by atoms with E-state index in [2.05, 4.69) is 10.3 Å². The molecule has 2 aromatic carbocycles. The molecule has 128 valence electrons. The Kier molecular flexibility index (Phi) is 5.01. The molecular weight excluding hydrogens is 368 g/mol. The fourth-order valence-electron chi connectivity index (χ4n) is 2.35. The van der Waals surface area contributed by atoms with Crippen molar-refractivity contribution in [2.75, 3.05) is 0 Å². The Morgan fingerprint density at radius 1 is 1.24 bits per heavy atom. The van der Waals surface area contributed by atoms with Gasteiger partial charge in [0.1, 0.15) is 12.4 Å². The lowest BCUT2D eigenvalue weighted by atomic mass is 10.2. The van der Waals surface area contributed by atoms with E-state index in [-0.39, 0.29) is 23.5 Å². The number of halogens is 3. The maximum Gasteiger partial charge on any atom is 0.261 e. The fraction of sp³-hybridized carbons (Fsp3) is 0.118. The summed E-state index contributed by atoms with van der Waals surface area (Å²) < 4.78 is 14.7. The highest BCUT2D eigenvalue weighted by atomic mass is 35.5. The molecule has 0 unspecified atom stereocenters. The van der Waals surface area contributed by atoms with Crippen molar-refractivity contribution >= 4 is 40.0 Å². The Hall–Kier alpha value is -2.44. The molecule has 0 aliphatic carbocycles. The predicted molar refractivity (Wildman–Crippen MR) is 94.3 cm³/mol. The Morgan fingerprint density at radius 2 is 2.00 bits per heavy atom. The summed E-state index contributed by atoms with van der Waals surface area (Å²) in [5, 5.41) is 3.36. The van der Waals surface area contributed by atoms with Crippen LogP contribution >= 0.6 is 23.2 Å². The number of hydrogen-bond acceptors (Lipinski definition) is 3. The molecule has 1 aromatic heterocycles. The van der Waals surface area contributed by atoms with Gasteiger partial charge in [-0.1, -0.05) is 41.4 Å². The maximum absolute atomic E-state index is 13.5. The Morgan fingerprint density at radius 3 is 2.76 bits per heavy atom. The predicted octanol–water partition coefficient (Wildman–Crippen LogP) is 3.16. The first kappa shape index (κ1) is 17.4. The van der Waals surface area contributed by atoms with Gasteiger partial charge >= 0.3 is 0 Å². The van der Waals surface area contributed by atoms with Crippen LogP contribution in [0.15, 0.2) is 47.5 Å². The van der Waals surface area contributed by atoms with Gasteiger partial charge in [-0.25, -0.2) is 9.37 Å². The van der Waals surface area contributed by atoms with Crippen LogP contribution in [0.4, 0.5) is 4.39 Å². The van der Waals surface area contributed by atoms with Crippen molar-refractivity contribution < 1.29 is 9.18 Å². The van der Waals surface area contributed by atoms with E-state index in [1.165, 1.54) is 24.5 Å². The van der Waals surface area contributed by atoms with Gasteiger partial charge in [0.25, 0.3) is 5.56 Å². The van der Waals surface area contributed by atoms with Crippen molar-refractivity contribution in [2.24, 2.45) is 0 Å². The molecule has 0 bridgehead atoms. The topological polar surface area (TPSA) is 64.0 Å². The summed E-state index contributed by atoms with van der Waals surface area (Å²) in [4.78, 5) is 28.6. The Labute approximate surface area is 152 Å². The van der Waals surface area contributed by atoms with Gasteiger partial charge < -0.3 is 5.32 Å². The highest BCUT2D eigenvalue weighted by molar-refractivity contribution is 6.38. The first-order valence-corrected chi connectivity index (χ1v) is 8.05. The van der Waals surface area contributed by atoms with Crippen LogP contribution in [0.2, 0.25) is 10.0 Å². The van der Waals surface area contributed by atoms with Gasteiger partial charge in [0.2, 0.25) is 5.91 Å². The number of nitrogens with one attached hydrogen (secondary N) is 1. The van der Waals surface area contributed by atoms with Crippen LogP contribution in [0.1, 0.15) is 5.56 Å². The molecule has 1 amide bonds. The van der Waals surface area contributed by atoms with Crippen molar-refractivity contribution in [3.05, 3.63) is 74.5 Å². The average molecular weight is 380 g/mol. The van der Waals surface area contributed by atoms with Crippen LogP contribution in [0, 0.1) is 5.82 Å². The van der Waals surface area contributed by atoms with Gasteiger partial charge in [-0.3, -0.25) is 14.2 Å². The molecule has 0 fully saturated rings. The van der Waals surface area contributed by atoms with E-state index >= 15 is 0 Å². The second-order valence-corrected chi connectivity index (χ2v) is 6.17. The van der Waals surface area contributed by atoms with Crippen LogP contribution < -0.4 is 10.9 Å². The standard InChI is InChI=1S/C17H12Cl2FN3O2/c18-11-5-12-16(13(19)6-11)22-9-23(17(12)25)8-15(24)21-7-10-3-1-2-4-14(10)20/h1-6,9H,7-8H2,(H,21,24). The van der Waals surface area contributed by atoms with Crippen LogP contribution in [0.3, 0.4) is 0 Å². The molecule has 0 saturated carbocycles. The molecule has 1 N–H and O–H groups in total. The average Bonchev–Trinajstić information content (AvgIpc) is 2.57. The van der Waals surface area contributed by atoms with Crippen molar-refractivity contribution in [3.63, 3.8) is 0 Å². The summed E-state index contributed by atoms with van der Waals surface area (Å²) in [6.07, 6.45) is 1.24. The van der Waals surface area contributed by atoms with E-state index in [9.17, 15) is 14.0 Å². The van der Waals surface area contributed by atoms with E-state index in [0.717, 1.165) is 4.57 Å². The van der Waals surface area contributed by atoms with Crippen LogP contribution in [-0.4, -0.2) is 15.5 Å². The quantitative estimate of drug-likeness (QED) is 0.757. The normalized spacial score (nSPS) is 10.8. The zero-order chi connectivity index (χ0) is 18.0. The molecular formula is C17H12Cl2FN3O2. The van der Waals surface area contributed by atoms with Crippen molar-refractivity contribution in [3.8, 4) is 0 Å². The van der Waals surface area contributed by atoms with Gasteiger partial charge in [0.05, 0.1) is 22.3 Å². The second kappa shape index (κ2) is 7.21. The number of rotatable bonds is 4. The lowest BCUT2D eigenvalue weighted by Gasteiger charge is -2.09. The third kappa shape index (κ3) is 3.81. The molecule has 0 saturated heterocycles. The van der Waals surface area contributed by atoms with E-state index in [4.69, 9.17) is 23.2 Å². The molecule has 3 aromatic rings. The van der Waals surface area contributed by atoms with Crippen molar-refractivity contribution in [2.45, 2.75) is 13.1 Å². The summed E-state index contributed by atoms with van der Waals surface area (Å²) in [6, 6.07) is 9.07. The number of hydrogen-bond donors (Lipinski definition) is 1. The molecule has 1 heterocycles. The van der Waals surface area contributed by atoms with Gasteiger partial charge in [0, 0.05) is 17.1 Å². The molecule has 8 heteroatoms. The maximum atomic E-state index is 13.5. The number of nitrogens with zero attached hydrogens (tertiary/aromatic N) is 2. The van der Waals surface area contributed by atoms with Crippen molar-refractivity contribution in [1.82, 2.24) is 14.9 Å². The highest BCUT2D eigenvalue weighted by Gasteiger charge is 2.11. The van der Waals surface area contributed by atoms with Crippen molar-refractivity contribution in [1.29, 1.82) is 0 Å². The van der Waals surface area contributed by atoms with E-state index in [0.29, 0.717) is 16.1 Å². The van der Waals surface area contributed by atoms with E-state index in [1.54, 1.807) is 18.2 Å². The first-order valence-electron chi connectivity index (χ1n) is 7.30. The van der Waals surface area contributed by atoms with E-state index < -0.39 is 17.3 Å². The summed E-state index contributed by atoms with van der Waals surface area (Å²) in [6.45, 7) is -0.223. The number of benzene rings is 2. The second-order valence-electron chi connectivity index (χ2n) is 5.33. The Balaban J connectivity index is 1.79. The van der Waals surface area contributed by atoms with Crippen LogP contribution in [0.25, 0.3) is 10.9 Å². The van der Waals surface area contributed by atoms with Gasteiger partial charge in [-0.2, -0.15) is 0 Å². The third-order valence-corrected chi connectivity index (χ3v) is 4.10. The number of carbonyl (C=O) groups excluding carboxylic acids is 1. The van der Waals surface area contributed by atoms with Gasteiger partial charge in [-0.15, -0.1) is 0 Å². The summed E-state index contributed by atoms with van der Waals surface area (Å²) in [5.74, 6) is -0.851. The van der Waals surface area contributed by atoms with Gasteiger partial charge in [-0.05, 0) is 18.2 Å². The van der Waals surface area contributed by atoms with Crippen LogP contribution in [0.5, 0.6) is 0 Å². The molecule has 0 aliphatic rings. The smallest absolute Gasteiger partial charge is 0.261 e. The number of carbonyl (C=O) groups is 1. The minimum atomic E-state index is -0.445. The lowest BCUT2D eigenvalue weighted by molar-refractivity contribution is -0.121. The van der Waals surface area contributed by atoms with Gasteiger partial charge in [0.15, 0.2) is 0 Å². The molecule has 3 rings (SSSR count). The summed E-state index contributed by atoms with van der Waals surface area (Å²) in [7, 11) is 0. The summed E-state index contributed by atoms with van der Waals surface area (Å²) in [5.41, 5.74) is 0.243. The largest absolute Gasteiger partial charge is 0.350 e. The SMILES string of the molecule is O=C(Cn1cnc2c(Cl)cc(Cl)cc2c1=O)NCc1ccccc1F. The minimum absolute atomic E-state index is 0.0267. The Bertz CT molecular complexity index is 1020. The molecule has 0 spiro atoms. The lowest BCUT2D eigenvalue weighted by Crippen LogP contribution is -2.32. The highest BCUT2D eigenvalue weighted by Crippen LogP contribution is 2.23. The zero-order valence-electron chi connectivity index (χ0n) is 12.8. The third-order valence-electron chi connectivity index (χ3n) is 3.59. The summed E-state index contributed by atoms with van der Waals surface area (Å²) >= 11 is 11.9. The van der Waals surface area contributed by atoms with E-state index in [1.807, 2.05) is 0 Å². The molecule has 0 aliphatic heterocycles. The molecule has 25 heavy (non-hydrogen) atoms. The minimum Gasteiger partial charge on any atom is -0.350 e. The van der Waals surface area contributed by atoms with Crippen LogP contribution in [-0.2, 0) is 17.9 Å². The first-order chi connectivity index (χ1) is 12.0. The molecule has 0 radical (unpaired) electrons.